The lowest BCUT2D eigenvalue weighted by Gasteiger charge is -2.23. The van der Waals surface area contributed by atoms with Gasteiger partial charge in [-0.2, -0.15) is 0 Å². The molecule has 24 heavy (non-hydrogen) atoms. The number of ether oxygens (including phenoxy) is 2. The molecule has 124 valence electrons. The second-order valence-corrected chi connectivity index (χ2v) is 6.51. The summed E-state index contributed by atoms with van der Waals surface area (Å²) in [6.45, 7) is 0.123. The van der Waals surface area contributed by atoms with E-state index >= 15 is 0 Å². The zero-order chi connectivity index (χ0) is 16.9. The molecule has 2 aromatic carbocycles. The first kappa shape index (κ1) is 16.4. The highest BCUT2D eigenvalue weighted by Gasteiger charge is 2.29. The summed E-state index contributed by atoms with van der Waals surface area (Å²) in [6.07, 6.45) is 0.0278. The van der Waals surface area contributed by atoms with Gasteiger partial charge in [0.2, 0.25) is 5.91 Å². The molecule has 0 radical (unpaired) electrons. The molecular formula is C18H17NO4S. The monoisotopic (exact) mass is 343 g/mol. The summed E-state index contributed by atoms with van der Waals surface area (Å²) in [5, 5.41) is 2.34. The fraction of sp³-hybridized carbons (Fsp3) is 0.222. The molecule has 0 unspecified atom stereocenters. The van der Waals surface area contributed by atoms with Gasteiger partial charge in [-0.3, -0.25) is 9.59 Å². The Morgan fingerprint density at radius 3 is 2.75 bits per heavy atom. The Kier molecular flexibility index (Phi) is 5.05. The average molecular weight is 343 g/mol. The highest BCUT2D eigenvalue weighted by Crippen LogP contribution is 2.36. The van der Waals surface area contributed by atoms with Gasteiger partial charge in [-0.1, -0.05) is 30.3 Å². The third kappa shape index (κ3) is 3.71. The van der Waals surface area contributed by atoms with E-state index in [9.17, 15) is 9.59 Å². The first-order valence-corrected chi connectivity index (χ1v) is 8.39. The number of rotatable bonds is 5. The van der Waals surface area contributed by atoms with Crippen LogP contribution in [0.5, 0.6) is 5.75 Å². The lowest BCUT2D eigenvalue weighted by Crippen LogP contribution is -2.31. The van der Waals surface area contributed by atoms with Crippen molar-refractivity contribution in [3.63, 3.8) is 0 Å². The molecule has 1 N–H and O–H groups in total. The third-order valence-corrected chi connectivity index (χ3v) is 4.92. The molecule has 5 nitrogen and oxygen atoms in total. The van der Waals surface area contributed by atoms with Crippen LogP contribution in [0.3, 0.4) is 0 Å². The van der Waals surface area contributed by atoms with E-state index in [2.05, 4.69) is 5.32 Å². The molecular weight excluding hydrogens is 326 g/mol. The first-order valence-electron chi connectivity index (χ1n) is 7.51. The fourth-order valence-electron chi connectivity index (χ4n) is 2.42. The van der Waals surface area contributed by atoms with E-state index in [1.807, 2.05) is 48.5 Å². The number of methoxy groups -OCH3 is 1. The molecule has 3 rings (SSSR count). The molecule has 1 amide bonds. The van der Waals surface area contributed by atoms with Crippen molar-refractivity contribution >= 4 is 29.3 Å². The van der Waals surface area contributed by atoms with Crippen molar-refractivity contribution in [1.29, 1.82) is 0 Å². The summed E-state index contributed by atoms with van der Waals surface area (Å²) in [7, 11) is 1.57. The van der Waals surface area contributed by atoms with Gasteiger partial charge in [0.1, 0.15) is 12.4 Å². The van der Waals surface area contributed by atoms with Gasteiger partial charge in [-0.05, 0) is 18.2 Å². The Labute approximate surface area is 144 Å². The highest BCUT2D eigenvalue weighted by atomic mass is 32.2. The van der Waals surface area contributed by atoms with Gasteiger partial charge < -0.3 is 14.8 Å². The first-order chi connectivity index (χ1) is 11.7. The topological polar surface area (TPSA) is 64.6 Å². The molecule has 1 atom stereocenters. The van der Waals surface area contributed by atoms with Gasteiger partial charge in [0.15, 0.2) is 0 Å². The van der Waals surface area contributed by atoms with Gasteiger partial charge in [0.05, 0.1) is 24.5 Å². The Morgan fingerprint density at radius 2 is 1.92 bits per heavy atom. The number of fused-ring (bicyclic) bond motifs is 1. The SMILES string of the molecule is COc1ccccc1COC(=O)C[C@H]1Sc2ccccc2NC1=O. The number of thioether (sulfide) groups is 1. The van der Waals surface area contributed by atoms with Crippen LogP contribution in [0.2, 0.25) is 0 Å². The zero-order valence-electron chi connectivity index (χ0n) is 13.2. The number of amides is 1. The molecule has 0 spiro atoms. The molecule has 0 saturated carbocycles. The van der Waals surface area contributed by atoms with Crippen LogP contribution in [0.15, 0.2) is 53.4 Å². The highest BCUT2D eigenvalue weighted by molar-refractivity contribution is 8.01. The number of carbonyl (C=O) groups is 2. The van der Waals surface area contributed by atoms with Crippen molar-refractivity contribution in [2.45, 2.75) is 23.2 Å². The van der Waals surface area contributed by atoms with E-state index in [0.29, 0.717) is 5.75 Å². The molecule has 2 aromatic rings. The number of nitrogens with one attached hydrogen (secondary N) is 1. The minimum absolute atomic E-state index is 0.0278. The molecule has 0 saturated heterocycles. The van der Waals surface area contributed by atoms with Gasteiger partial charge in [-0.15, -0.1) is 11.8 Å². The maximum atomic E-state index is 12.1. The minimum Gasteiger partial charge on any atom is -0.496 e. The van der Waals surface area contributed by atoms with Crippen LogP contribution >= 0.6 is 11.8 Å². The number of carbonyl (C=O) groups excluding carboxylic acids is 2. The summed E-state index contributed by atoms with van der Waals surface area (Å²) in [4.78, 5) is 25.2. The van der Waals surface area contributed by atoms with E-state index in [-0.39, 0.29) is 18.9 Å². The Hall–Kier alpha value is -2.47. The molecule has 1 heterocycles. The second kappa shape index (κ2) is 7.40. The van der Waals surface area contributed by atoms with Crippen molar-refractivity contribution in [2.24, 2.45) is 0 Å². The van der Waals surface area contributed by atoms with E-state index in [0.717, 1.165) is 16.1 Å². The second-order valence-electron chi connectivity index (χ2n) is 5.27. The van der Waals surface area contributed by atoms with Gasteiger partial charge >= 0.3 is 5.97 Å². The molecule has 0 fully saturated rings. The number of anilines is 1. The van der Waals surface area contributed by atoms with Crippen LogP contribution in [0.1, 0.15) is 12.0 Å². The number of esters is 1. The lowest BCUT2D eigenvalue weighted by atomic mass is 10.2. The van der Waals surface area contributed by atoms with Crippen molar-refractivity contribution in [3.8, 4) is 5.75 Å². The van der Waals surface area contributed by atoms with Crippen molar-refractivity contribution < 1.29 is 19.1 Å². The summed E-state index contributed by atoms with van der Waals surface area (Å²) >= 11 is 1.39. The molecule has 6 heteroatoms. The third-order valence-electron chi connectivity index (χ3n) is 3.64. The molecule has 0 aromatic heterocycles. The predicted molar refractivity (Wildman–Crippen MR) is 92.1 cm³/mol. The molecule has 0 bridgehead atoms. The number of para-hydroxylation sites is 2. The molecule has 1 aliphatic rings. The Morgan fingerprint density at radius 1 is 1.17 bits per heavy atom. The van der Waals surface area contributed by atoms with Crippen molar-refractivity contribution in [2.75, 3.05) is 12.4 Å². The lowest BCUT2D eigenvalue weighted by molar-refractivity contribution is -0.145. The van der Waals surface area contributed by atoms with E-state index < -0.39 is 11.2 Å². The largest absolute Gasteiger partial charge is 0.496 e. The molecule has 1 aliphatic heterocycles. The van der Waals surface area contributed by atoms with Gasteiger partial charge in [0, 0.05) is 10.5 Å². The number of benzene rings is 2. The number of hydrogen-bond acceptors (Lipinski definition) is 5. The smallest absolute Gasteiger partial charge is 0.307 e. The summed E-state index contributed by atoms with van der Waals surface area (Å²) in [5.41, 5.74) is 1.57. The normalized spacial score (nSPS) is 16.0. The van der Waals surface area contributed by atoms with Crippen LogP contribution in [0.4, 0.5) is 5.69 Å². The quantitative estimate of drug-likeness (QED) is 0.845. The maximum Gasteiger partial charge on any atom is 0.307 e. The van der Waals surface area contributed by atoms with Crippen LogP contribution < -0.4 is 10.1 Å². The van der Waals surface area contributed by atoms with Crippen molar-refractivity contribution in [1.82, 2.24) is 0 Å². The standard InChI is InChI=1S/C18H17NO4S/c1-22-14-8-4-2-6-12(14)11-23-17(20)10-16-18(21)19-13-7-3-5-9-15(13)24-16/h2-9,16H,10-11H2,1H3,(H,19,21)/t16-/m1/s1. The fourth-order valence-corrected chi connectivity index (χ4v) is 3.51. The van der Waals surface area contributed by atoms with Gasteiger partial charge in [0.25, 0.3) is 0 Å². The zero-order valence-corrected chi connectivity index (χ0v) is 14.0. The van der Waals surface area contributed by atoms with Crippen LogP contribution in [0, 0.1) is 0 Å². The Balaban J connectivity index is 1.58. The van der Waals surface area contributed by atoms with Crippen LogP contribution in [-0.4, -0.2) is 24.2 Å². The average Bonchev–Trinajstić information content (AvgIpc) is 2.61. The van der Waals surface area contributed by atoms with E-state index in [1.54, 1.807) is 7.11 Å². The summed E-state index contributed by atoms with van der Waals surface area (Å²) in [5.74, 6) is 0.0879. The summed E-state index contributed by atoms with van der Waals surface area (Å²) in [6, 6.07) is 14.9. The van der Waals surface area contributed by atoms with Gasteiger partial charge in [-0.25, -0.2) is 0 Å². The minimum atomic E-state index is -0.481. The Bertz CT molecular complexity index is 762. The summed E-state index contributed by atoms with van der Waals surface area (Å²) < 4.78 is 10.5. The van der Waals surface area contributed by atoms with Crippen LogP contribution in [0.25, 0.3) is 0 Å². The molecule has 0 aliphatic carbocycles. The van der Waals surface area contributed by atoms with Crippen LogP contribution in [-0.2, 0) is 20.9 Å². The maximum absolute atomic E-state index is 12.1. The van der Waals surface area contributed by atoms with E-state index in [1.165, 1.54) is 11.8 Å². The number of hydrogen-bond donors (Lipinski definition) is 1. The van der Waals surface area contributed by atoms with E-state index in [4.69, 9.17) is 9.47 Å². The predicted octanol–water partition coefficient (Wildman–Crippen LogP) is 3.24. The van der Waals surface area contributed by atoms with Crippen molar-refractivity contribution in [3.05, 3.63) is 54.1 Å².